The van der Waals surface area contributed by atoms with Gasteiger partial charge in [0.1, 0.15) is 0 Å². The number of halogens is 3. The highest BCUT2D eigenvalue weighted by Crippen LogP contribution is 2.27. The SMILES string of the molecule is CNCCc1ccc(C(F)F)c(Br)c1. The van der Waals surface area contributed by atoms with Crippen LogP contribution in [0, 0.1) is 0 Å². The molecule has 0 fully saturated rings. The molecule has 4 heteroatoms. The normalized spacial score (nSPS) is 10.9. The lowest BCUT2D eigenvalue weighted by atomic mass is 10.1. The first-order chi connectivity index (χ1) is 6.65. The van der Waals surface area contributed by atoms with Crippen LogP contribution in [0.4, 0.5) is 8.78 Å². The largest absolute Gasteiger partial charge is 0.319 e. The summed E-state index contributed by atoms with van der Waals surface area (Å²) in [5.74, 6) is 0. The van der Waals surface area contributed by atoms with E-state index >= 15 is 0 Å². The Labute approximate surface area is 90.6 Å². The van der Waals surface area contributed by atoms with Gasteiger partial charge in [0.15, 0.2) is 0 Å². The summed E-state index contributed by atoms with van der Waals surface area (Å²) in [6.45, 7) is 0.848. The van der Waals surface area contributed by atoms with Crippen LogP contribution in [0.25, 0.3) is 0 Å². The predicted octanol–water partition coefficient (Wildman–Crippen LogP) is 3.15. The molecule has 0 saturated heterocycles. The number of rotatable bonds is 4. The molecule has 1 rings (SSSR count). The Hall–Kier alpha value is -0.480. The van der Waals surface area contributed by atoms with Crippen LogP contribution < -0.4 is 5.32 Å². The van der Waals surface area contributed by atoms with Gasteiger partial charge in [-0.25, -0.2) is 8.78 Å². The second-order valence-corrected chi connectivity index (χ2v) is 3.86. The Kier molecular flexibility index (Phi) is 4.48. The highest BCUT2D eigenvalue weighted by atomic mass is 79.9. The summed E-state index contributed by atoms with van der Waals surface area (Å²) < 4.78 is 25.2. The summed E-state index contributed by atoms with van der Waals surface area (Å²) in [5.41, 5.74) is 1.11. The molecule has 0 aromatic heterocycles. The van der Waals surface area contributed by atoms with E-state index in [9.17, 15) is 8.78 Å². The lowest BCUT2D eigenvalue weighted by molar-refractivity contribution is 0.150. The average Bonchev–Trinajstić information content (AvgIpc) is 2.14. The van der Waals surface area contributed by atoms with Gasteiger partial charge in [0.25, 0.3) is 6.43 Å². The number of likely N-dealkylation sites (N-methyl/N-ethyl adjacent to an activating group) is 1. The van der Waals surface area contributed by atoms with E-state index in [2.05, 4.69) is 21.2 Å². The van der Waals surface area contributed by atoms with E-state index in [1.807, 2.05) is 7.05 Å². The zero-order valence-corrected chi connectivity index (χ0v) is 9.44. The molecule has 0 spiro atoms. The lowest BCUT2D eigenvalue weighted by Gasteiger charge is -2.06. The van der Waals surface area contributed by atoms with Crippen molar-refractivity contribution in [2.24, 2.45) is 0 Å². The van der Waals surface area contributed by atoms with Crippen molar-refractivity contribution in [1.29, 1.82) is 0 Å². The van der Waals surface area contributed by atoms with E-state index in [1.54, 1.807) is 12.1 Å². The van der Waals surface area contributed by atoms with Crippen molar-refractivity contribution >= 4 is 15.9 Å². The molecule has 0 aliphatic rings. The monoisotopic (exact) mass is 263 g/mol. The van der Waals surface area contributed by atoms with Crippen molar-refractivity contribution in [2.45, 2.75) is 12.8 Å². The minimum atomic E-state index is -2.41. The predicted molar refractivity (Wildman–Crippen MR) is 56.7 cm³/mol. The maximum atomic E-state index is 12.4. The molecule has 1 aromatic rings. The molecule has 0 atom stereocenters. The second-order valence-electron chi connectivity index (χ2n) is 3.01. The molecule has 1 nitrogen and oxygen atoms in total. The molecule has 1 aromatic carbocycles. The Morgan fingerprint density at radius 1 is 1.43 bits per heavy atom. The molecule has 1 N–H and O–H groups in total. The summed E-state index contributed by atoms with van der Waals surface area (Å²) in [5, 5.41) is 3.01. The highest BCUT2D eigenvalue weighted by Gasteiger charge is 2.11. The molecule has 0 amide bonds. The van der Waals surface area contributed by atoms with Gasteiger partial charge in [0.2, 0.25) is 0 Å². The van der Waals surface area contributed by atoms with Gasteiger partial charge in [-0.3, -0.25) is 0 Å². The van der Waals surface area contributed by atoms with Crippen LogP contribution in [0.5, 0.6) is 0 Å². The molecule has 0 aliphatic heterocycles. The Morgan fingerprint density at radius 3 is 2.64 bits per heavy atom. The Bertz CT molecular complexity index is 302. The summed E-state index contributed by atoms with van der Waals surface area (Å²) in [6.07, 6.45) is -1.57. The van der Waals surface area contributed by atoms with Crippen molar-refractivity contribution < 1.29 is 8.78 Å². The van der Waals surface area contributed by atoms with Crippen LogP contribution in [0.2, 0.25) is 0 Å². The Balaban J connectivity index is 2.78. The van der Waals surface area contributed by atoms with E-state index in [1.165, 1.54) is 6.07 Å². The lowest BCUT2D eigenvalue weighted by Crippen LogP contribution is -2.10. The first kappa shape index (κ1) is 11.6. The van der Waals surface area contributed by atoms with Gasteiger partial charge in [-0.2, -0.15) is 0 Å². The molecular weight excluding hydrogens is 252 g/mol. The van der Waals surface area contributed by atoms with Crippen molar-refractivity contribution in [3.63, 3.8) is 0 Å². The van der Waals surface area contributed by atoms with Crippen molar-refractivity contribution in [3.05, 3.63) is 33.8 Å². The number of hydrogen-bond donors (Lipinski definition) is 1. The van der Waals surface area contributed by atoms with Gasteiger partial charge >= 0.3 is 0 Å². The van der Waals surface area contributed by atoms with E-state index in [-0.39, 0.29) is 5.56 Å². The summed E-state index contributed by atoms with van der Waals surface area (Å²) in [6, 6.07) is 4.96. The third-order valence-electron chi connectivity index (χ3n) is 1.96. The quantitative estimate of drug-likeness (QED) is 0.880. The summed E-state index contributed by atoms with van der Waals surface area (Å²) in [4.78, 5) is 0. The zero-order valence-electron chi connectivity index (χ0n) is 7.86. The smallest absolute Gasteiger partial charge is 0.264 e. The fraction of sp³-hybridized carbons (Fsp3) is 0.400. The summed E-state index contributed by atoms with van der Waals surface area (Å²) in [7, 11) is 1.86. The maximum Gasteiger partial charge on any atom is 0.264 e. The van der Waals surface area contributed by atoms with Crippen LogP contribution in [0.15, 0.2) is 22.7 Å². The number of hydrogen-bond acceptors (Lipinski definition) is 1. The van der Waals surface area contributed by atoms with E-state index < -0.39 is 6.43 Å². The molecule has 14 heavy (non-hydrogen) atoms. The molecular formula is C10H12BrF2N. The minimum absolute atomic E-state index is 0.0539. The fourth-order valence-electron chi connectivity index (χ4n) is 1.17. The van der Waals surface area contributed by atoms with E-state index in [0.717, 1.165) is 18.5 Å². The molecule has 0 saturated carbocycles. The van der Waals surface area contributed by atoms with Crippen molar-refractivity contribution in [2.75, 3.05) is 13.6 Å². The van der Waals surface area contributed by atoms with Gasteiger partial charge in [0.05, 0.1) is 0 Å². The number of nitrogens with one attached hydrogen (secondary N) is 1. The van der Waals surface area contributed by atoms with Gasteiger partial charge in [-0.1, -0.05) is 28.1 Å². The first-order valence-electron chi connectivity index (χ1n) is 4.36. The van der Waals surface area contributed by atoms with Gasteiger partial charge in [-0.05, 0) is 31.6 Å². The molecule has 0 radical (unpaired) electrons. The summed E-state index contributed by atoms with van der Waals surface area (Å²) >= 11 is 3.14. The van der Waals surface area contributed by atoms with E-state index in [0.29, 0.717) is 4.47 Å². The van der Waals surface area contributed by atoms with Crippen LogP contribution in [-0.4, -0.2) is 13.6 Å². The zero-order chi connectivity index (χ0) is 10.6. The third-order valence-corrected chi connectivity index (χ3v) is 2.65. The molecule has 0 heterocycles. The van der Waals surface area contributed by atoms with Crippen molar-refractivity contribution in [1.82, 2.24) is 5.32 Å². The fourth-order valence-corrected chi connectivity index (χ4v) is 1.77. The van der Waals surface area contributed by atoms with E-state index in [4.69, 9.17) is 0 Å². The van der Waals surface area contributed by atoms with Crippen LogP contribution in [0.3, 0.4) is 0 Å². The average molecular weight is 264 g/mol. The molecule has 0 bridgehead atoms. The van der Waals surface area contributed by atoms with Crippen LogP contribution in [-0.2, 0) is 6.42 Å². The minimum Gasteiger partial charge on any atom is -0.319 e. The van der Waals surface area contributed by atoms with Crippen LogP contribution >= 0.6 is 15.9 Å². The highest BCUT2D eigenvalue weighted by molar-refractivity contribution is 9.10. The molecule has 0 aliphatic carbocycles. The number of benzene rings is 1. The topological polar surface area (TPSA) is 12.0 Å². The number of alkyl halides is 2. The standard InChI is InChI=1S/C10H12BrF2N/c1-14-5-4-7-2-3-8(10(12)13)9(11)6-7/h2-3,6,10,14H,4-5H2,1H3. The van der Waals surface area contributed by atoms with Gasteiger partial charge in [0, 0.05) is 10.0 Å². The molecule has 0 unspecified atom stereocenters. The second kappa shape index (κ2) is 5.41. The van der Waals surface area contributed by atoms with Gasteiger partial charge in [-0.15, -0.1) is 0 Å². The van der Waals surface area contributed by atoms with Crippen molar-refractivity contribution in [3.8, 4) is 0 Å². The molecule has 78 valence electrons. The first-order valence-corrected chi connectivity index (χ1v) is 5.15. The van der Waals surface area contributed by atoms with Crippen LogP contribution in [0.1, 0.15) is 17.6 Å². The Morgan fingerprint density at radius 2 is 2.14 bits per heavy atom. The van der Waals surface area contributed by atoms with Gasteiger partial charge < -0.3 is 5.32 Å². The third kappa shape index (κ3) is 3.03. The maximum absolute atomic E-state index is 12.4.